The van der Waals surface area contributed by atoms with Gasteiger partial charge < -0.3 is 20.7 Å². The third-order valence-electron chi connectivity index (χ3n) is 4.66. The number of nitrogens with zero attached hydrogens (tertiary/aromatic N) is 1. The Morgan fingerprint density at radius 1 is 1.15 bits per heavy atom. The number of ether oxygens (including phenoxy) is 1. The normalized spacial score (nSPS) is 19.5. The Kier molecular flexibility index (Phi) is 10.6. The average molecular weight is 419 g/mol. The molecule has 9 heteroatoms. The topological polar surface area (TPSA) is 82.7 Å². The molecular weight excluding hydrogens is 391 g/mol. The fourth-order valence-electron chi connectivity index (χ4n) is 3.08. The predicted octanol–water partition coefficient (Wildman–Crippen LogP) is 1.14. The highest BCUT2D eigenvalue weighted by Gasteiger charge is 2.22. The van der Waals surface area contributed by atoms with Crippen LogP contribution in [0, 0.1) is 5.92 Å². The van der Waals surface area contributed by atoms with E-state index >= 15 is 0 Å². The molecule has 152 valence electrons. The van der Waals surface area contributed by atoms with Crippen molar-refractivity contribution in [1.82, 2.24) is 15.5 Å². The summed E-state index contributed by atoms with van der Waals surface area (Å²) in [4.78, 5) is 26.5. The third-order valence-corrected chi connectivity index (χ3v) is 4.66. The van der Waals surface area contributed by atoms with Crippen LogP contribution in [-0.4, -0.2) is 69.2 Å². The number of carbonyl (C=O) groups is 2. The summed E-state index contributed by atoms with van der Waals surface area (Å²) in [5, 5.41) is 9.02. The molecule has 7 nitrogen and oxygen atoms in total. The Labute approximate surface area is 172 Å². The zero-order chi connectivity index (χ0) is 17.5. The lowest BCUT2D eigenvalue weighted by Gasteiger charge is -2.26. The van der Waals surface area contributed by atoms with Gasteiger partial charge in [-0.15, -0.1) is 24.8 Å². The van der Waals surface area contributed by atoms with Crippen LogP contribution in [-0.2, 0) is 9.53 Å². The second-order valence-corrected chi connectivity index (χ2v) is 6.47. The van der Waals surface area contributed by atoms with Crippen LogP contribution in [0.25, 0.3) is 0 Å². The smallest absolute Gasteiger partial charge is 0.251 e. The lowest BCUT2D eigenvalue weighted by Crippen LogP contribution is -2.41. The van der Waals surface area contributed by atoms with Gasteiger partial charge in [-0.2, -0.15) is 0 Å². The summed E-state index contributed by atoms with van der Waals surface area (Å²) in [7, 11) is 0. The molecule has 3 rings (SSSR count). The minimum atomic E-state index is -0.0915. The zero-order valence-electron chi connectivity index (χ0n) is 15.2. The Bertz CT molecular complexity index is 589. The summed E-state index contributed by atoms with van der Waals surface area (Å²) < 4.78 is 5.31. The first-order chi connectivity index (χ1) is 12.2. The number of benzene rings is 1. The Morgan fingerprint density at radius 2 is 1.85 bits per heavy atom. The van der Waals surface area contributed by atoms with Gasteiger partial charge in [0.05, 0.1) is 19.1 Å². The van der Waals surface area contributed by atoms with Crippen molar-refractivity contribution < 1.29 is 14.3 Å². The number of hydrogen-bond donors (Lipinski definition) is 3. The molecule has 1 aromatic rings. The van der Waals surface area contributed by atoms with E-state index in [-0.39, 0.29) is 42.5 Å². The SMILES string of the molecule is Cl.Cl.O=C(NCCN1CCOCC1)c1ccc(NC(=O)C2CCNC2)cc1. The second kappa shape index (κ2) is 12.2. The van der Waals surface area contributed by atoms with Crippen molar-refractivity contribution in [2.24, 2.45) is 5.92 Å². The Hall–Kier alpha value is -1.38. The van der Waals surface area contributed by atoms with E-state index in [0.29, 0.717) is 12.1 Å². The lowest BCUT2D eigenvalue weighted by atomic mass is 10.1. The van der Waals surface area contributed by atoms with E-state index in [0.717, 1.165) is 58.0 Å². The van der Waals surface area contributed by atoms with Crippen LogP contribution in [0.4, 0.5) is 5.69 Å². The summed E-state index contributed by atoms with van der Waals surface area (Å²) in [6.07, 6.45) is 0.871. The van der Waals surface area contributed by atoms with Crippen molar-refractivity contribution in [1.29, 1.82) is 0 Å². The van der Waals surface area contributed by atoms with Gasteiger partial charge in [0.15, 0.2) is 0 Å². The molecule has 0 saturated carbocycles. The highest BCUT2D eigenvalue weighted by Crippen LogP contribution is 2.14. The average Bonchev–Trinajstić information content (AvgIpc) is 3.18. The maximum atomic E-state index is 12.2. The Balaban J connectivity index is 0.00000182. The second-order valence-electron chi connectivity index (χ2n) is 6.47. The molecule has 3 N–H and O–H groups in total. The summed E-state index contributed by atoms with van der Waals surface area (Å²) in [5.74, 6) is -0.0259. The number of rotatable bonds is 6. The fourth-order valence-corrected chi connectivity index (χ4v) is 3.08. The number of amides is 2. The van der Waals surface area contributed by atoms with Crippen molar-refractivity contribution in [2.75, 3.05) is 57.8 Å². The zero-order valence-corrected chi connectivity index (χ0v) is 16.9. The van der Waals surface area contributed by atoms with Crippen molar-refractivity contribution >= 4 is 42.3 Å². The number of nitrogens with one attached hydrogen (secondary N) is 3. The number of hydrogen-bond acceptors (Lipinski definition) is 5. The summed E-state index contributed by atoms with van der Waals surface area (Å²) >= 11 is 0. The molecule has 2 aliphatic rings. The Morgan fingerprint density at radius 3 is 2.48 bits per heavy atom. The first kappa shape index (κ1) is 23.7. The van der Waals surface area contributed by atoms with Crippen LogP contribution in [0.1, 0.15) is 16.8 Å². The van der Waals surface area contributed by atoms with Crippen LogP contribution in [0.2, 0.25) is 0 Å². The molecule has 0 aromatic heterocycles. The van der Waals surface area contributed by atoms with Crippen molar-refractivity contribution in [3.05, 3.63) is 29.8 Å². The molecule has 2 fully saturated rings. The van der Waals surface area contributed by atoms with Gasteiger partial charge in [-0.25, -0.2) is 0 Å². The molecular formula is C18H28Cl2N4O3. The van der Waals surface area contributed by atoms with E-state index in [1.54, 1.807) is 24.3 Å². The monoisotopic (exact) mass is 418 g/mol. The molecule has 27 heavy (non-hydrogen) atoms. The predicted molar refractivity (Wildman–Crippen MR) is 110 cm³/mol. The largest absolute Gasteiger partial charge is 0.379 e. The van der Waals surface area contributed by atoms with Gasteiger partial charge in [0.2, 0.25) is 5.91 Å². The molecule has 0 spiro atoms. The van der Waals surface area contributed by atoms with Gasteiger partial charge in [0, 0.05) is 44.0 Å². The van der Waals surface area contributed by atoms with Crippen molar-refractivity contribution in [3.63, 3.8) is 0 Å². The van der Waals surface area contributed by atoms with E-state index in [1.807, 2.05) is 0 Å². The molecule has 0 aliphatic carbocycles. The standard InChI is InChI=1S/C18H26N4O3.2ClH/c23-17(20-7-8-22-9-11-25-12-10-22)14-1-3-16(4-2-14)21-18(24)15-5-6-19-13-15;;/h1-4,15,19H,5-13H2,(H,20,23)(H,21,24);2*1H. The van der Waals surface area contributed by atoms with E-state index in [1.165, 1.54) is 0 Å². The number of halogens is 2. The van der Waals surface area contributed by atoms with Gasteiger partial charge in [0.1, 0.15) is 0 Å². The van der Waals surface area contributed by atoms with Gasteiger partial charge in [-0.05, 0) is 37.2 Å². The van der Waals surface area contributed by atoms with Gasteiger partial charge >= 0.3 is 0 Å². The summed E-state index contributed by atoms with van der Waals surface area (Å²) in [6, 6.07) is 7.04. The van der Waals surface area contributed by atoms with Crippen LogP contribution in [0.3, 0.4) is 0 Å². The molecule has 1 aromatic carbocycles. The minimum Gasteiger partial charge on any atom is -0.379 e. The van der Waals surface area contributed by atoms with Crippen molar-refractivity contribution in [3.8, 4) is 0 Å². The molecule has 0 radical (unpaired) electrons. The van der Waals surface area contributed by atoms with E-state index in [2.05, 4.69) is 20.9 Å². The maximum absolute atomic E-state index is 12.2. The fraction of sp³-hybridized carbons (Fsp3) is 0.556. The molecule has 0 bridgehead atoms. The van der Waals surface area contributed by atoms with Crippen LogP contribution in [0.5, 0.6) is 0 Å². The van der Waals surface area contributed by atoms with Gasteiger partial charge in [0.25, 0.3) is 5.91 Å². The first-order valence-corrected chi connectivity index (χ1v) is 8.92. The van der Waals surface area contributed by atoms with Gasteiger partial charge in [-0.1, -0.05) is 0 Å². The quantitative estimate of drug-likeness (QED) is 0.644. The van der Waals surface area contributed by atoms with Crippen LogP contribution >= 0.6 is 24.8 Å². The number of carbonyl (C=O) groups excluding carboxylic acids is 2. The van der Waals surface area contributed by atoms with Crippen LogP contribution < -0.4 is 16.0 Å². The maximum Gasteiger partial charge on any atom is 0.251 e. The van der Waals surface area contributed by atoms with E-state index in [4.69, 9.17) is 4.74 Å². The molecule has 2 saturated heterocycles. The van der Waals surface area contributed by atoms with E-state index < -0.39 is 0 Å². The molecule has 1 atom stereocenters. The first-order valence-electron chi connectivity index (χ1n) is 8.92. The third kappa shape index (κ3) is 7.27. The van der Waals surface area contributed by atoms with Crippen LogP contribution in [0.15, 0.2) is 24.3 Å². The summed E-state index contributed by atoms with van der Waals surface area (Å²) in [6.45, 7) is 6.43. The van der Waals surface area contributed by atoms with E-state index in [9.17, 15) is 9.59 Å². The lowest BCUT2D eigenvalue weighted by molar-refractivity contribution is -0.119. The van der Waals surface area contributed by atoms with Crippen molar-refractivity contribution in [2.45, 2.75) is 6.42 Å². The number of morpholine rings is 1. The molecule has 2 aliphatic heterocycles. The highest BCUT2D eigenvalue weighted by atomic mass is 35.5. The highest BCUT2D eigenvalue weighted by molar-refractivity contribution is 5.96. The van der Waals surface area contributed by atoms with Gasteiger partial charge in [-0.3, -0.25) is 14.5 Å². The number of anilines is 1. The molecule has 2 amide bonds. The summed E-state index contributed by atoms with van der Waals surface area (Å²) in [5.41, 5.74) is 1.32. The molecule has 1 unspecified atom stereocenters. The molecule has 2 heterocycles. The minimum absolute atomic E-state index is 0.